The molecular weight excluding hydrogens is 272 g/mol. The molecule has 0 saturated carbocycles. The lowest BCUT2D eigenvalue weighted by molar-refractivity contribution is -0.141. The van der Waals surface area contributed by atoms with Crippen LogP contribution in [0.1, 0.15) is 26.7 Å². The Morgan fingerprint density at radius 3 is 2.29 bits per heavy atom. The van der Waals surface area contributed by atoms with Crippen LogP contribution >= 0.6 is 0 Å². The van der Waals surface area contributed by atoms with Crippen LogP contribution in [0.5, 0.6) is 0 Å². The van der Waals surface area contributed by atoms with Crippen molar-refractivity contribution >= 4 is 12.0 Å². The molecule has 0 radical (unpaired) electrons. The molecule has 0 aromatic heterocycles. The molecule has 2 rings (SSSR count). The van der Waals surface area contributed by atoms with Gasteiger partial charge in [-0.3, -0.25) is 4.79 Å². The number of carbonyl (C=O) groups excluding carboxylic acids is 2. The number of nitrogens with zero attached hydrogens (tertiary/aromatic N) is 2. The fourth-order valence-electron chi connectivity index (χ4n) is 2.68. The molecule has 0 N–H and O–H groups in total. The molecule has 0 unspecified atom stereocenters. The topological polar surface area (TPSA) is 59.1 Å². The van der Waals surface area contributed by atoms with Crippen LogP contribution in [0.4, 0.5) is 4.79 Å². The number of morpholine rings is 1. The smallest absolute Gasteiger partial charge is 0.409 e. The molecule has 6 nitrogen and oxygen atoms in total. The lowest BCUT2D eigenvalue weighted by Gasteiger charge is -2.35. The summed E-state index contributed by atoms with van der Waals surface area (Å²) in [7, 11) is 0. The minimum atomic E-state index is -0.249. The van der Waals surface area contributed by atoms with Gasteiger partial charge in [0.1, 0.15) is 0 Å². The molecule has 0 atom stereocenters. The van der Waals surface area contributed by atoms with E-state index in [-0.39, 0.29) is 17.9 Å². The highest BCUT2D eigenvalue weighted by Crippen LogP contribution is 2.21. The van der Waals surface area contributed by atoms with Crippen molar-refractivity contribution in [2.24, 2.45) is 11.8 Å². The van der Waals surface area contributed by atoms with Crippen LogP contribution in [0.25, 0.3) is 0 Å². The zero-order valence-electron chi connectivity index (χ0n) is 13.0. The highest BCUT2D eigenvalue weighted by molar-refractivity contribution is 5.79. The van der Waals surface area contributed by atoms with Gasteiger partial charge in [-0.15, -0.1) is 0 Å². The van der Waals surface area contributed by atoms with Crippen LogP contribution in [0, 0.1) is 11.8 Å². The van der Waals surface area contributed by atoms with Crippen molar-refractivity contribution in [2.75, 3.05) is 46.0 Å². The number of amides is 2. The van der Waals surface area contributed by atoms with Crippen molar-refractivity contribution in [3.8, 4) is 0 Å². The van der Waals surface area contributed by atoms with Gasteiger partial charge < -0.3 is 19.3 Å². The van der Waals surface area contributed by atoms with Crippen LogP contribution in [-0.4, -0.2) is 67.8 Å². The second-order valence-corrected chi connectivity index (χ2v) is 6.17. The van der Waals surface area contributed by atoms with Crippen molar-refractivity contribution in [1.29, 1.82) is 0 Å². The second kappa shape index (κ2) is 7.64. The van der Waals surface area contributed by atoms with Crippen LogP contribution in [-0.2, 0) is 14.3 Å². The van der Waals surface area contributed by atoms with E-state index in [0.29, 0.717) is 51.9 Å². The monoisotopic (exact) mass is 298 g/mol. The molecule has 0 aliphatic carbocycles. The Balaban J connectivity index is 1.74. The zero-order chi connectivity index (χ0) is 15.2. The van der Waals surface area contributed by atoms with Crippen LogP contribution < -0.4 is 0 Å². The summed E-state index contributed by atoms with van der Waals surface area (Å²) in [4.78, 5) is 27.9. The number of piperidine rings is 1. The Hall–Kier alpha value is -1.30. The fourth-order valence-corrected chi connectivity index (χ4v) is 2.68. The summed E-state index contributed by atoms with van der Waals surface area (Å²) in [6.45, 7) is 8.34. The normalized spacial score (nSPS) is 20.7. The molecule has 0 spiro atoms. The van der Waals surface area contributed by atoms with Gasteiger partial charge in [0.25, 0.3) is 0 Å². The summed E-state index contributed by atoms with van der Waals surface area (Å²) in [6.07, 6.45) is 1.21. The van der Waals surface area contributed by atoms with Gasteiger partial charge >= 0.3 is 6.09 Å². The van der Waals surface area contributed by atoms with E-state index in [2.05, 4.69) is 0 Å². The van der Waals surface area contributed by atoms with E-state index in [0.717, 1.165) is 12.8 Å². The SMILES string of the molecule is CC(C)COC(=O)N1CCC(C(=O)N2CCOCC2)CC1. The summed E-state index contributed by atoms with van der Waals surface area (Å²) in [6, 6.07) is 0. The van der Waals surface area contributed by atoms with E-state index in [9.17, 15) is 9.59 Å². The van der Waals surface area contributed by atoms with Gasteiger partial charge in [0.05, 0.1) is 19.8 Å². The third-order valence-electron chi connectivity index (χ3n) is 3.97. The van der Waals surface area contributed by atoms with E-state index >= 15 is 0 Å². The highest BCUT2D eigenvalue weighted by Gasteiger charge is 2.31. The van der Waals surface area contributed by atoms with Gasteiger partial charge in [0, 0.05) is 32.1 Å². The van der Waals surface area contributed by atoms with Gasteiger partial charge in [-0.25, -0.2) is 4.79 Å². The maximum atomic E-state index is 12.4. The van der Waals surface area contributed by atoms with Gasteiger partial charge in [0.15, 0.2) is 0 Å². The molecule has 2 amide bonds. The molecule has 0 aromatic carbocycles. The summed E-state index contributed by atoms with van der Waals surface area (Å²) >= 11 is 0. The first-order chi connectivity index (χ1) is 10.1. The molecule has 0 bridgehead atoms. The molecule has 120 valence electrons. The van der Waals surface area contributed by atoms with Crippen molar-refractivity contribution in [1.82, 2.24) is 9.80 Å². The Kier molecular flexibility index (Phi) is 5.85. The van der Waals surface area contributed by atoms with Crippen molar-refractivity contribution in [3.63, 3.8) is 0 Å². The number of ether oxygens (including phenoxy) is 2. The lowest BCUT2D eigenvalue weighted by Crippen LogP contribution is -2.47. The predicted molar refractivity (Wildman–Crippen MR) is 77.9 cm³/mol. The zero-order valence-corrected chi connectivity index (χ0v) is 13.0. The van der Waals surface area contributed by atoms with E-state index in [1.807, 2.05) is 18.7 Å². The predicted octanol–water partition coefficient (Wildman–Crippen LogP) is 1.35. The Labute approximate surface area is 126 Å². The first-order valence-electron chi connectivity index (χ1n) is 7.86. The quantitative estimate of drug-likeness (QED) is 0.789. The standard InChI is InChI=1S/C15H26N2O4/c1-12(2)11-21-15(19)17-5-3-13(4-6-17)14(18)16-7-9-20-10-8-16/h12-13H,3-11H2,1-2H3. The minimum absolute atomic E-state index is 0.0391. The molecule has 2 saturated heterocycles. The first-order valence-corrected chi connectivity index (χ1v) is 7.86. The molecule has 2 aliphatic rings. The third kappa shape index (κ3) is 4.59. The molecule has 21 heavy (non-hydrogen) atoms. The van der Waals surface area contributed by atoms with Crippen LogP contribution in [0.3, 0.4) is 0 Å². The number of hydrogen-bond donors (Lipinski definition) is 0. The molecule has 6 heteroatoms. The van der Waals surface area contributed by atoms with E-state index in [1.165, 1.54) is 0 Å². The van der Waals surface area contributed by atoms with Gasteiger partial charge in [0.2, 0.25) is 5.91 Å². The van der Waals surface area contributed by atoms with E-state index in [4.69, 9.17) is 9.47 Å². The maximum absolute atomic E-state index is 12.4. The second-order valence-electron chi connectivity index (χ2n) is 6.17. The summed E-state index contributed by atoms with van der Waals surface area (Å²) < 4.78 is 10.5. The number of carbonyl (C=O) groups is 2. The largest absolute Gasteiger partial charge is 0.449 e. The summed E-state index contributed by atoms with van der Waals surface area (Å²) in [5.74, 6) is 0.597. The Bertz CT molecular complexity index is 359. The Morgan fingerprint density at radius 1 is 1.10 bits per heavy atom. The first kappa shape index (κ1) is 16.1. The van der Waals surface area contributed by atoms with Gasteiger partial charge in [-0.2, -0.15) is 0 Å². The molecule has 2 heterocycles. The minimum Gasteiger partial charge on any atom is -0.449 e. The van der Waals surface area contributed by atoms with Crippen LogP contribution in [0.15, 0.2) is 0 Å². The average Bonchev–Trinajstić information content (AvgIpc) is 2.53. The van der Waals surface area contributed by atoms with E-state index in [1.54, 1.807) is 4.90 Å². The van der Waals surface area contributed by atoms with Gasteiger partial charge in [-0.1, -0.05) is 13.8 Å². The molecular formula is C15H26N2O4. The fraction of sp³-hybridized carbons (Fsp3) is 0.867. The highest BCUT2D eigenvalue weighted by atomic mass is 16.6. The Morgan fingerprint density at radius 2 is 1.71 bits per heavy atom. The summed E-state index contributed by atoms with van der Waals surface area (Å²) in [5.41, 5.74) is 0. The van der Waals surface area contributed by atoms with Crippen LogP contribution in [0.2, 0.25) is 0 Å². The van der Waals surface area contributed by atoms with Crippen molar-refractivity contribution in [2.45, 2.75) is 26.7 Å². The summed E-state index contributed by atoms with van der Waals surface area (Å²) in [5, 5.41) is 0. The molecule has 0 aromatic rings. The van der Waals surface area contributed by atoms with Crippen molar-refractivity contribution in [3.05, 3.63) is 0 Å². The number of rotatable bonds is 3. The third-order valence-corrected chi connectivity index (χ3v) is 3.97. The number of likely N-dealkylation sites (tertiary alicyclic amines) is 1. The van der Waals surface area contributed by atoms with Gasteiger partial charge in [-0.05, 0) is 18.8 Å². The van der Waals surface area contributed by atoms with Crippen molar-refractivity contribution < 1.29 is 19.1 Å². The molecule has 2 fully saturated rings. The van der Waals surface area contributed by atoms with E-state index < -0.39 is 0 Å². The molecule has 2 aliphatic heterocycles. The average molecular weight is 298 g/mol. The number of hydrogen-bond acceptors (Lipinski definition) is 4. The lowest BCUT2D eigenvalue weighted by atomic mass is 9.95. The maximum Gasteiger partial charge on any atom is 0.409 e.